The molecule has 0 saturated carbocycles. The third-order valence-corrected chi connectivity index (χ3v) is 4.73. The Hall–Kier alpha value is -1.47. The molecule has 0 bridgehead atoms. The van der Waals surface area contributed by atoms with Crippen molar-refractivity contribution in [1.82, 2.24) is 9.88 Å². The van der Waals surface area contributed by atoms with Crippen LogP contribution < -0.4 is 5.32 Å². The smallest absolute Gasteiger partial charge is 0.309 e. The predicted molar refractivity (Wildman–Crippen MR) is 86.1 cm³/mol. The molecule has 2 N–H and O–H groups in total. The summed E-state index contributed by atoms with van der Waals surface area (Å²) in [6, 6.07) is 0. The SMILES string of the molecule is CCC(=O)Nc1nc(CC(=O)O)c(CN2CCCCCC2)s1. The zero-order chi connectivity index (χ0) is 15.9. The van der Waals surface area contributed by atoms with Gasteiger partial charge in [0.05, 0.1) is 12.1 Å². The fourth-order valence-electron chi connectivity index (χ4n) is 2.55. The number of hydrogen-bond donors (Lipinski definition) is 2. The van der Waals surface area contributed by atoms with E-state index in [1.807, 2.05) is 0 Å². The van der Waals surface area contributed by atoms with Crippen molar-refractivity contribution in [3.63, 3.8) is 0 Å². The molecule has 0 aliphatic carbocycles. The van der Waals surface area contributed by atoms with Crippen molar-refractivity contribution in [2.24, 2.45) is 0 Å². The first-order chi connectivity index (χ1) is 10.6. The molecule has 1 fully saturated rings. The van der Waals surface area contributed by atoms with E-state index in [2.05, 4.69) is 15.2 Å². The summed E-state index contributed by atoms with van der Waals surface area (Å²) in [6.07, 6.45) is 5.19. The molecule has 1 aromatic rings. The number of thiazole rings is 1. The molecular formula is C15H23N3O3S. The molecule has 0 atom stereocenters. The molecule has 7 heteroatoms. The zero-order valence-corrected chi connectivity index (χ0v) is 13.7. The van der Waals surface area contributed by atoms with Gasteiger partial charge < -0.3 is 10.4 Å². The number of nitrogens with one attached hydrogen (secondary N) is 1. The van der Waals surface area contributed by atoms with Crippen LogP contribution in [0.4, 0.5) is 5.13 Å². The van der Waals surface area contributed by atoms with Gasteiger partial charge in [0.1, 0.15) is 0 Å². The molecule has 1 saturated heterocycles. The maximum Gasteiger partial charge on any atom is 0.309 e. The maximum atomic E-state index is 11.5. The number of carboxylic acid groups (broad SMARTS) is 1. The van der Waals surface area contributed by atoms with Crippen molar-refractivity contribution in [1.29, 1.82) is 0 Å². The van der Waals surface area contributed by atoms with Gasteiger partial charge in [0.2, 0.25) is 5.91 Å². The van der Waals surface area contributed by atoms with Crippen LogP contribution in [0.15, 0.2) is 0 Å². The van der Waals surface area contributed by atoms with E-state index < -0.39 is 5.97 Å². The fourth-order valence-corrected chi connectivity index (χ4v) is 3.58. The Bertz CT molecular complexity index is 522. The van der Waals surface area contributed by atoms with E-state index >= 15 is 0 Å². The molecule has 122 valence electrons. The summed E-state index contributed by atoms with van der Waals surface area (Å²) in [5.74, 6) is -0.993. The largest absolute Gasteiger partial charge is 0.481 e. The summed E-state index contributed by atoms with van der Waals surface area (Å²) < 4.78 is 0. The van der Waals surface area contributed by atoms with Gasteiger partial charge in [-0.05, 0) is 25.9 Å². The van der Waals surface area contributed by atoms with Crippen LogP contribution >= 0.6 is 11.3 Å². The highest BCUT2D eigenvalue weighted by Crippen LogP contribution is 2.26. The molecule has 1 aromatic heterocycles. The van der Waals surface area contributed by atoms with Crippen LogP contribution in [0, 0.1) is 0 Å². The Morgan fingerprint density at radius 2 is 1.95 bits per heavy atom. The van der Waals surface area contributed by atoms with E-state index in [1.54, 1.807) is 6.92 Å². The van der Waals surface area contributed by atoms with Crippen LogP contribution in [0.1, 0.15) is 49.6 Å². The highest BCUT2D eigenvalue weighted by molar-refractivity contribution is 7.15. The van der Waals surface area contributed by atoms with Crippen LogP contribution in [0.3, 0.4) is 0 Å². The predicted octanol–water partition coefficient (Wildman–Crippen LogP) is 2.49. The highest BCUT2D eigenvalue weighted by Gasteiger charge is 2.18. The maximum absolute atomic E-state index is 11.5. The number of aromatic nitrogens is 1. The summed E-state index contributed by atoms with van der Waals surface area (Å²) in [4.78, 5) is 30.1. The van der Waals surface area contributed by atoms with Crippen LogP contribution in [0.5, 0.6) is 0 Å². The fraction of sp³-hybridized carbons (Fsp3) is 0.667. The lowest BCUT2D eigenvalue weighted by Gasteiger charge is -2.18. The number of anilines is 1. The van der Waals surface area contributed by atoms with E-state index in [0.717, 1.165) is 24.5 Å². The van der Waals surface area contributed by atoms with Gasteiger partial charge >= 0.3 is 5.97 Å². The van der Waals surface area contributed by atoms with Gasteiger partial charge in [-0.2, -0.15) is 0 Å². The van der Waals surface area contributed by atoms with E-state index in [-0.39, 0.29) is 12.3 Å². The van der Waals surface area contributed by atoms with Crippen LogP contribution in [-0.2, 0) is 22.6 Å². The number of rotatable bonds is 6. The lowest BCUT2D eigenvalue weighted by molar-refractivity contribution is -0.136. The van der Waals surface area contributed by atoms with E-state index in [0.29, 0.717) is 17.2 Å². The number of amides is 1. The topological polar surface area (TPSA) is 82.5 Å². The van der Waals surface area contributed by atoms with Crippen molar-refractivity contribution < 1.29 is 14.7 Å². The normalized spacial score (nSPS) is 16.2. The van der Waals surface area contributed by atoms with Crippen molar-refractivity contribution in [3.05, 3.63) is 10.6 Å². The number of hydrogen-bond acceptors (Lipinski definition) is 5. The van der Waals surface area contributed by atoms with Crippen molar-refractivity contribution >= 4 is 28.3 Å². The van der Waals surface area contributed by atoms with Gasteiger partial charge in [-0.3, -0.25) is 14.5 Å². The zero-order valence-electron chi connectivity index (χ0n) is 12.9. The Kier molecular flexibility index (Phi) is 6.33. The highest BCUT2D eigenvalue weighted by atomic mass is 32.1. The van der Waals surface area contributed by atoms with Gasteiger partial charge in [0, 0.05) is 17.8 Å². The van der Waals surface area contributed by atoms with Crippen molar-refractivity contribution in [2.45, 2.75) is 52.0 Å². The average molecular weight is 325 g/mol. The Labute approximate surface area is 134 Å². The second-order valence-electron chi connectivity index (χ2n) is 5.55. The number of carbonyl (C=O) groups excluding carboxylic acids is 1. The molecule has 1 aliphatic rings. The first-order valence-corrected chi connectivity index (χ1v) is 8.62. The van der Waals surface area contributed by atoms with Gasteiger partial charge in [-0.25, -0.2) is 4.98 Å². The number of carboxylic acids is 1. The molecule has 0 radical (unpaired) electrons. The number of aliphatic carboxylic acids is 1. The minimum absolute atomic E-state index is 0.0956. The second kappa shape index (κ2) is 8.24. The van der Waals surface area contributed by atoms with E-state index in [9.17, 15) is 9.59 Å². The lowest BCUT2D eigenvalue weighted by Crippen LogP contribution is -2.24. The molecule has 22 heavy (non-hydrogen) atoms. The van der Waals surface area contributed by atoms with Crippen LogP contribution in [-0.4, -0.2) is 40.0 Å². The minimum Gasteiger partial charge on any atom is -0.481 e. The first-order valence-electron chi connectivity index (χ1n) is 7.81. The van der Waals surface area contributed by atoms with Gasteiger partial charge in [-0.1, -0.05) is 19.8 Å². The van der Waals surface area contributed by atoms with Gasteiger partial charge in [0.15, 0.2) is 5.13 Å². The summed E-state index contributed by atoms with van der Waals surface area (Å²) in [7, 11) is 0. The molecule has 1 aliphatic heterocycles. The first kappa shape index (κ1) is 16.9. The van der Waals surface area contributed by atoms with Crippen LogP contribution in [0.2, 0.25) is 0 Å². The Morgan fingerprint density at radius 3 is 2.55 bits per heavy atom. The average Bonchev–Trinajstić information content (AvgIpc) is 2.67. The van der Waals surface area contributed by atoms with Gasteiger partial charge in [-0.15, -0.1) is 11.3 Å². The number of nitrogens with zero attached hydrogens (tertiary/aromatic N) is 2. The quantitative estimate of drug-likeness (QED) is 0.839. The Balaban J connectivity index is 2.11. The lowest BCUT2D eigenvalue weighted by atomic mass is 10.2. The molecule has 2 heterocycles. The number of likely N-dealkylation sites (tertiary alicyclic amines) is 1. The second-order valence-corrected chi connectivity index (χ2v) is 6.64. The van der Waals surface area contributed by atoms with Gasteiger partial charge in [0.25, 0.3) is 0 Å². The molecular weight excluding hydrogens is 302 g/mol. The summed E-state index contributed by atoms with van der Waals surface area (Å²) >= 11 is 1.40. The molecule has 2 rings (SSSR count). The van der Waals surface area contributed by atoms with Crippen molar-refractivity contribution in [2.75, 3.05) is 18.4 Å². The summed E-state index contributed by atoms with van der Waals surface area (Å²) in [5, 5.41) is 12.3. The van der Waals surface area contributed by atoms with E-state index in [4.69, 9.17) is 5.11 Å². The molecule has 0 aromatic carbocycles. The molecule has 6 nitrogen and oxygen atoms in total. The minimum atomic E-state index is -0.893. The van der Waals surface area contributed by atoms with Crippen molar-refractivity contribution in [3.8, 4) is 0 Å². The standard InChI is InChI=1S/C15H23N3O3S/c1-2-13(19)17-15-16-11(9-14(20)21)12(22-15)10-18-7-5-3-4-6-8-18/h2-10H2,1H3,(H,20,21)(H,16,17,19). The third-order valence-electron chi connectivity index (χ3n) is 3.73. The third kappa shape index (κ3) is 5.06. The number of carbonyl (C=O) groups is 2. The molecule has 0 unspecified atom stereocenters. The Morgan fingerprint density at radius 1 is 1.27 bits per heavy atom. The monoisotopic (exact) mass is 325 g/mol. The van der Waals surface area contributed by atoms with E-state index in [1.165, 1.54) is 37.0 Å². The molecule has 0 spiro atoms. The van der Waals surface area contributed by atoms with Crippen LogP contribution in [0.25, 0.3) is 0 Å². The summed E-state index contributed by atoms with van der Waals surface area (Å²) in [5.41, 5.74) is 0.577. The molecule has 1 amide bonds. The summed E-state index contributed by atoms with van der Waals surface area (Å²) in [6.45, 7) is 4.59.